The van der Waals surface area contributed by atoms with Crippen molar-refractivity contribution < 1.29 is 5.11 Å². The van der Waals surface area contributed by atoms with Gasteiger partial charge in [-0.2, -0.15) is 0 Å². The standard InChI is InChI=1S/C23H27N3O/c1-17-7-6-8-22(24-17)23(27,18-9-13-20(14-10-18)25(2)3)19-11-15-21(16-12-19)26(4)5/h6-16,27H,1-5H3. The van der Waals surface area contributed by atoms with Crippen LogP contribution in [-0.4, -0.2) is 38.3 Å². The van der Waals surface area contributed by atoms with E-state index >= 15 is 0 Å². The summed E-state index contributed by atoms with van der Waals surface area (Å²) in [6, 6.07) is 21.7. The first kappa shape index (κ1) is 18.9. The number of hydrogen-bond donors (Lipinski definition) is 1. The monoisotopic (exact) mass is 361 g/mol. The summed E-state index contributed by atoms with van der Waals surface area (Å²) < 4.78 is 0. The van der Waals surface area contributed by atoms with Gasteiger partial charge in [0.05, 0.1) is 5.69 Å². The zero-order valence-corrected chi connectivity index (χ0v) is 16.6. The summed E-state index contributed by atoms with van der Waals surface area (Å²) in [4.78, 5) is 8.72. The fourth-order valence-electron chi connectivity index (χ4n) is 3.21. The number of nitrogens with zero attached hydrogens (tertiary/aromatic N) is 3. The highest BCUT2D eigenvalue weighted by Gasteiger charge is 2.35. The van der Waals surface area contributed by atoms with Crippen LogP contribution in [0.3, 0.4) is 0 Å². The van der Waals surface area contributed by atoms with Crippen molar-refractivity contribution >= 4 is 11.4 Å². The van der Waals surface area contributed by atoms with E-state index in [1.54, 1.807) is 0 Å². The Morgan fingerprint density at radius 3 is 1.52 bits per heavy atom. The van der Waals surface area contributed by atoms with Crippen LogP contribution in [0.2, 0.25) is 0 Å². The van der Waals surface area contributed by atoms with Gasteiger partial charge in [-0.3, -0.25) is 4.98 Å². The number of aromatic nitrogens is 1. The van der Waals surface area contributed by atoms with E-state index in [4.69, 9.17) is 0 Å². The minimum absolute atomic E-state index is 0.623. The zero-order valence-electron chi connectivity index (χ0n) is 16.6. The molecule has 4 heteroatoms. The summed E-state index contributed by atoms with van der Waals surface area (Å²) in [7, 11) is 8.01. The third-order valence-corrected chi connectivity index (χ3v) is 4.86. The van der Waals surface area contributed by atoms with Crippen LogP contribution in [0, 0.1) is 6.92 Å². The molecule has 0 fully saturated rings. The smallest absolute Gasteiger partial charge is 0.157 e. The molecule has 0 radical (unpaired) electrons. The van der Waals surface area contributed by atoms with E-state index in [2.05, 4.69) is 4.98 Å². The molecule has 2 aromatic carbocycles. The lowest BCUT2D eigenvalue weighted by Crippen LogP contribution is -2.30. The number of rotatable bonds is 5. The van der Waals surface area contributed by atoms with Crippen molar-refractivity contribution in [2.45, 2.75) is 12.5 Å². The molecule has 3 aromatic rings. The lowest BCUT2D eigenvalue weighted by Gasteiger charge is -2.30. The van der Waals surface area contributed by atoms with Crippen LogP contribution in [0.1, 0.15) is 22.5 Å². The topological polar surface area (TPSA) is 39.6 Å². The van der Waals surface area contributed by atoms with E-state index in [1.807, 2.05) is 112 Å². The van der Waals surface area contributed by atoms with Crippen molar-refractivity contribution in [3.8, 4) is 0 Å². The molecule has 0 aliphatic carbocycles. The van der Waals surface area contributed by atoms with Crippen LogP contribution in [0.25, 0.3) is 0 Å². The number of aryl methyl sites for hydroxylation is 1. The van der Waals surface area contributed by atoms with Crippen molar-refractivity contribution in [1.29, 1.82) is 0 Å². The van der Waals surface area contributed by atoms with E-state index in [1.165, 1.54) is 0 Å². The van der Waals surface area contributed by atoms with Crippen molar-refractivity contribution in [3.63, 3.8) is 0 Å². The van der Waals surface area contributed by atoms with Gasteiger partial charge >= 0.3 is 0 Å². The Bertz CT molecular complexity index is 848. The Labute approximate surface area is 161 Å². The molecule has 0 bridgehead atoms. The lowest BCUT2D eigenvalue weighted by atomic mass is 9.83. The van der Waals surface area contributed by atoms with E-state index in [0.29, 0.717) is 5.69 Å². The number of aliphatic hydroxyl groups is 1. The Hall–Kier alpha value is -2.85. The van der Waals surface area contributed by atoms with E-state index < -0.39 is 5.60 Å². The van der Waals surface area contributed by atoms with Gasteiger partial charge in [-0.1, -0.05) is 30.3 Å². The van der Waals surface area contributed by atoms with Crippen molar-refractivity contribution in [2.24, 2.45) is 0 Å². The molecule has 0 amide bonds. The quantitative estimate of drug-likeness (QED) is 0.750. The van der Waals surface area contributed by atoms with Crippen LogP contribution >= 0.6 is 0 Å². The summed E-state index contributed by atoms with van der Waals surface area (Å²) in [6.45, 7) is 1.94. The van der Waals surface area contributed by atoms with E-state index in [-0.39, 0.29) is 0 Å². The number of benzene rings is 2. The minimum Gasteiger partial charge on any atom is -0.378 e. The largest absolute Gasteiger partial charge is 0.378 e. The van der Waals surface area contributed by atoms with Gasteiger partial charge in [0.25, 0.3) is 0 Å². The lowest BCUT2D eigenvalue weighted by molar-refractivity contribution is 0.120. The van der Waals surface area contributed by atoms with Gasteiger partial charge in [-0.25, -0.2) is 0 Å². The van der Waals surface area contributed by atoms with Gasteiger partial charge in [0.1, 0.15) is 0 Å². The Morgan fingerprint density at radius 1 is 0.704 bits per heavy atom. The maximum absolute atomic E-state index is 11.9. The van der Waals surface area contributed by atoms with Crippen molar-refractivity contribution in [1.82, 2.24) is 4.98 Å². The van der Waals surface area contributed by atoms with Crippen molar-refractivity contribution in [2.75, 3.05) is 38.0 Å². The third kappa shape index (κ3) is 3.67. The predicted octanol–water partition coefficient (Wildman–Crippen LogP) is 3.81. The minimum atomic E-state index is -1.32. The normalized spacial score (nSPS) is 11.3. The van der Waals surface area contributed by atoms with Gasteiger partial charge in [0, 0.05) is 45.3 Å². The highest BCUT2D eigenvalue weighted by molar-refractivity contribution is 5.54. The summed E-state index contributed by atoms with van der Waals surface area (Å²) in [5.74, 6) is 0. The number of hydrogen-bond acceptors (Lipinski definition) is 4. The van der Waals surface area contributed by atoms with E-state index in [0.717, 1.165) is 28.2 Å². The molecule has 0 unspecified atom stereocenters. The average molecular weight is 361 g/mol. The predicted molar refractivity (Wildman–Crippen MR) is 113 cm³/mol. The molecule has 0 saturated carbocycles. The van der Waals surface area contributed by atoms with Crippen LogP contribution in [0.5, 0.6) is 0 Å². The Balaban J connectivity index is 2.17. The van der Waals surface area contributed by atoms with Gasteiger partial charge in [0.2, 0.25) is 0 Å². The molecule has 4 nitrogen and oxygen atoms in total. The molecule has 0 aliphatic rings. The zero-order chi connectivity index (χ0) is 19.6. The van der Waals surface area contributed by atoms with Gasteiger partial charge < -0.3 is 14.9 Å². The SMILES string of the molecule is Cc1cccc(C(O)(c2ccc(N(C)C)cc2)c2ccc(N(C)C)cc2)n1. The summed E-state index contributed by atoms with van der Waals surface area (Å²) in [5.41, 5.74) is 3.94. The Kier molecular flexibility index (Phi) is 5.19. The summed E-state index contributed by atoms with van der Waals surface area (Å²) in [6.07, 6.45) is 0. The van der Waals surface area contributed by atoms with Gasteiger partial charge in [0.15, 0.2) is 5.60 Å². The van der Waals surface area contributed by atoms with Gasteiger partial charge in [-0.15, -0.1) is 0 Å². The van der Waals surface area contributed by atoms with E-state index in [9.17, 15) is 5.11 Å². The molecule has 0 aliphatic heterocycles. The third-order valence-electron chi connectivity index (χ3n) is 4.86. The number of anilines is 2. The second-order valence-corrected chi connectivity index (χ2v) is 7.26. The summed E-state index contributed by atoms with van der Waals surface area (Å²) in [5, 5.41) is 11.9. The first-order valence-electron chi connectivity index (χ1n) is 9.04. The molecule has 0 spiro atoms. The molecular weight excluding hydrogens is 334 g/mol. The highest BCUT2D eigenvalue weighted by Crippen LogP contribution is 2.37. The average Bonchev–Trinajstić information content (AvgIpc) is 2.67. The fourth-order valence-corrected chi connectivity index (χ4v) is 3.21. The van der Waals surface area contributed by atoms with Crippen LogP contribution in [0.4, 0.5) is 11.4 Å². The first-order chi connectivity index (χ1) is 12.8. The summed E-state index contributed by atoms with van der Waals surface area (Å²) >= 11 is 0. The van der Waals surface area contributed by atoms with Crippen LogP contribution < -0.4 is 9.80 Å². The van der Waals surface area contributed by atoms with Crippen LogP contribution in [-0.2, 0) is 5.60 Å². The fraction of sp³-hybridized carbons (Fsp3) is 0.261. The van der Waals surface area contributed by atoms with Crippen LogP contribution in [0.15, 0.2) is 66.7 Å². The molecular formula is C23H27N3O. The van der Waals surface area contributed by atoms with Gasteiger partial charge in [-0.05, 0) is 54.4 Å². The Morgan fingerprint density at radius 2 is 1.15 bits per heavy atom. The maximum Gasteiger partial charge on any atom is 0.157 e. The molecule has 3 rings (SSSR count). The molecule has 0 saturated heterocycles. The molecule has 140 valence electrons. The molecule has 0 atom stereocenters. The maximum atomic E-state index is 11.9. The molecule has 1 N–H and O–H groups in total. The number of pyridine rings is 1. The molecule has 27 heavy (non-hydrogen) atoms. The highest BCUT2D eigenvalue weighted by atomic mass is 16.3. The van der Waals surface area contributed by atoms with Crippen molar-refractivity contribution in [3.05, 3.63) is 89.2 Å². The molecule has 1 heterocycles. The second-order valence-electron chi connectivity index (χ2n) is 7.26. The first-order valence-corrected chi connectivity index (χ1v) is 9.04. The molecule has 1 aromatic heterocycles. The second kappa shape index (κ2) is 7.41.